The van der Waals surface area contributed by atoms with E-state index in [1.807, 2.05) is 24.3 Å². The lowest BCUT2D eigenvalue weighted by molar-refractivity contribution is 0.438. The maximum absolute atomic E-state index is 12.6. The molecule has 4 heteroatoms. The summed E-state index contributed by atoms with van der Waals surface area (Å²) in [5, 5.41) is 3.78. The molecule has 1 fully saturated rings. The molecule has 0 radical (unpaired) electrons. The van der Waals surface area contributed by atoms with E-state index in [9.17, 15) is 4.21 Å². The number of halogens is 1. The van der Waals surface area contributed by atoms with Gasteiger partial charge in [0, 0.05) is 20.7 Å². The van der Waals surface area contributed by atoms with Crippen molar-refractivity contribution in [2.45, 2.75) is 42.9 Å². The van der Waals surface area contributed by atoms with Gasteiger partial charge in [0.1, 0.15) is 0 Å². The summed E-state index contributed by atoms with van der Waals surface area (Å²) in [5.74, 6) is 0.477. The Morgan fingerprint density at radius 3 is 2.89 bits per heavy atom. The van der Waals surface area contributed by atoms with Gasteiger partial charge in [-0.2, -0.15) is 0 Å². The van der Waals surface area contributed by atoms with Crippen LogP contribution in [0.25, 0.3) is 0 Å². The highest BCUT2D eigenvalue weighted by Gasteiger charge is 2.36. The van der Waals surface area contributed by atoms with Crippen LogP contribution >= 0.6 is 15.9 Å². The van der Waals surface area contributed by atoms with Crippen molar-refractivity contribution in [1.29, 1.82) is 0 Å². The first kappa shape index (κ1) is 14.2. The average molecular weight is 330 g/mol. The minimum atomic E-state index is -0.893. The first-order valence-corrected chi connectivity index (χ1v) is 8.53. The third-order valence-corrected chi connectivity index (χ3v) is 6.18. The van der Waals surface area contributed by atoms with E-state index >= 15 is 0 Å². The highest BCUT2D eigenvalue weighted by Crippen LogP contribution is 2.33. The van der Waals surface area contributed by atoms with Gasteiger partial charge in [0.15, 0.2) is 0 Å². The monoisotopic (exact) mass is 329 g/mol. The summed E-state index contributed by atoms with van der Waals surface area (Å²) in [6, 6.07) is 8.40. The Labute approximate surface area is 120 Å². The fraction of sp³-hybridized carbons (Fsp3) is 0.571. The molecule has 2 nitrogen and oxygen atoms in total. The van der Waals surface area contributed by atoms with Crippen LogP contribution in [0.3, 0.4) is 0 Å². The van der Waals surface area contributed by atoms with Crippen molar-refractivity contribution in [2.75, 3.05) is 6.54 Å². The lowest BCUT2D eigenvalue weighted by Crippen LogP contribution is -2.34. The third-order valence-electron chi connectivity index (χ3n) is 3.75. The van der Waals surface area contributed by atoms with Crippen molar-refractivity contribution in [2.24, 2.45) is 5.92 Å². The lowest BCUT2D eigenvalue weighted by atomic mass is 10.1. The second-order valence-corrected chi connectivity index (χ2v) is 7.48. The van der Waals surface area contributed by atoms with Gasteiger partial charge in [0.25, 0.3) is 0 Å². The topological polar surface area (TPSA) is 29.1 Å². The Hall–Kier alpha value is -0.190. The molecule has 100 valence electrons. The van der Waals surface area contributed by atoms with Crippen LogP contribution in [0.4, 0.5) is 0 Å². The largest absolute Gasteiger partial charge is 0.314 e. The minimum Gasteiger partial charge on any atom is -0.314 e. The predicted octanol–water partition coefficient (Wildman–Crippen LogP) is 3.33. The highest BCUT2D eigenvalue weighted by molar-refractivity contribution is 9.10. The Bertz CT molecular complexity index is 438. The molecule has 1 aliphatic carbocycles. The quantitative estimate of drug-likeness (QED) is 0.917. The van der Waals surface area contributed by atoms with Crippen LogP contribution in [-0.4, -0.2) is 22.0 Å². The number of rotatable bonds is 4. The zero-order valence-corrected chi connectivity index (χ0v) is 13.3. The van der Waals surface area contributed by atoms with E-state index in [2.05, 4.69) is 35.1 Å². The molecule has 1 N–H and O–H groups in total. The van der Waals surface area contributed by atoms with E-state index in [0.29, 0.717) is 12.0 Å². The van der Waals surface area contributed by atoms with Crippen LogP contribution in [0, 0.1) is 5.92 Å². The fourth-order valence-electron chi connectivity index (χ4n) is 2.75. The van der Waals surface area contributed by atoms with Gasteiger partial charge in [0.2, 0.25) is 0 Å². The van der Waals surface area contributed by atoms with Gasteiger partial charge in [-0.05, 0) is 43.5 Å². The van der Waals surface area contributed by atoms with Crippen LogP contribution < -0.4 is 5.32 Å². The van der Waals surface area contributed by atoms with Crippen molar-refractivity contribution in [3.63, 3.8) is 0 Å². The van der Waals surface area contributed by atoms with Gasteiger partial charge in [-0.1, -0.05) is 35.8 Å². The second-order valence-electron chi connectivity index (χ2n) is 4.89. The van der Waals surface area contributed by atoms with Gasteiger partial charge in [0.05, 0.1) is 10.8 Å². The Balaban J connectivity index is 2.11. The van der Waals surface area contributed by atoms with Gasteiger partial charge >= 0.3 is 0 Å². The van der Waals surface area contributed by atoms with Crippen LogP contribution in [-0.2, 0) is 10.8 Å². The van der Waals surface area contributed by atoms with E-state index in [4.69, 9.17) is 0 Å². The molecule has 1 aromatic carbocycles. The van der Waals surface area contributed by atoms with Crippen molar-refractivity contribution in [1.82, 2.24) is 5.32 Å². The maximum Gasteiger partial charge on any atom is 0.0564 e. The van der Waals surface area contributed by atoms with Crippen molar-refractivity contribution in [3.8, 4) is 0 Å². The lowest BCUT2D eigenvalue weighted by Gasteiger charge is -2.21. The first-order valence-electron chi connectivity index (χ1n) is 6.53. The molecule has 4 atom stereocenters. The smallest absolute Gasteiger partial charge is 0.0564 e. The fourth-order valence-corrected chi connectivity index (χ4v) is 5.03. The molecule has 0 spiro atoms. The molecule has 1 aromatic rings. The summed E-state index contributed by atoms with van der Waals surface area (Å²) >= 11 is 3.44. The molecule has 0 heterocycles. The summed E-state index contributed by atoms with van der Waals surface area (Å²) in [4.78, 5) is 0.943. The Morgan fingerprint density at radius 1 is 1.44 bits per heavy atom. The SMILES string of the molecule is CCNC1CCC(S(=O)c2cccc(Br)c2)C1C. The standard InChI is InChI=1S/C14H20BrNOS/c1-3-16-13-7-8-14(10(13)2)18(17)12-6-4-5-11(15)9-12/h4-6,9-10,13-14,16H,3,7-8H2,1-2H3. The van der Waals surface area contributed by atoms with Crippen LogP contribution in [0.5, 0.6) is 0 Å². The van der Waals surface area contributed by atoms with Crippen molar-refractivity contribution < 1.29 is 4.21 Å². The van der Waals surface area contributed by atoms with E-state index in [0.717, 1.165) is 28.8 Å². The van der Waals surface area contributed by atoms with E-state index in [1.165, 1.54) is 0 Å². The first-order chi connectivity index (χ1) is 8.63. The molecule has 0 amide bonds. The molecule has 18 heavy (non-hydrogen) atoms. The van der Waals surface area contributed by atoms with Gasteiger partial charge < -0.3 is 5.32 Å². The van der Waals surface area contributed by atoms with E-state index in [-0.39, 0.29) is 5.25 Å². The zero-order valence-electron chi connectivity index (χ0n) is 10.9. The van der Waals surface area contributed by atoms with Gasteiger partial charge in [-0.15, -0.1) is 0 Å². The number of hydrogen-bond acceptors (Lipinski definition) is 2. The molecule has 0 aromatic heterocycles. The van der Waals surface area contributed by atoms with Crippen molar-refractivity contribution in [3.05, 3.63) is 28.7 Å². The Morgan fingerprint density at radius 2 is 2.22 bits per heavy atom. The Kier molecular flexibility index (Phi) is 4.98. The second kappa shape index (κ2) is 6.31. The molecule has 0 saturated heterocycles. The maximum atomic E-state index is 12.6. The summed E-state index contributed by atoms with van der Waals surface area (Å²) < 4.78 is 13.6. The van der Waals surface area contributed by atoms with E-state index in [1.54, 1.807) is 0 Å². The highest BCUT2D eigenvalue weighted by atomic mass is 79.9. The summed E-state index contributed by atoms with van der Waals surface area (Å²) in [5.41, 5.74) is 0. The summed E-state index contributed by atoms with van der Waals surface area (Å²) in [6.07, 6.45) is 2.19. The third kappa shape index (κ3) is 3.03. The van der Waals surface area contributed by atoms with Gasteiger partial charge in [-0.25, -0.2) is 0 Å². The van der Waals surface area contributed by atoms with Crippen LogP contribution in [0.15, 0.2) is 33.6 Å². The normalized spacial score (nSPS) is 29.4. The molecule has 2 rings (SSSR count). The molecule has 1 aliphatic rings. The summed E-state index contributed by atoms with van der Waals surface area (Å²) in [6.45, 7) is 5.34. The average Bonchev–Trinajstić information content (AvgIpc) is 2.71. The summed E-state index contributed by atoms with van der Waals surface area (Å²) in [7, 11) is -0.893. The number of hydrogen-bond donors (Lipinski definition) is 1. The predicted molar refractivity (Wildman–Crippen MR) is 80.2 cm³/mol. The number of benzene rings is 1. The van der Waals surface area contributed by atoms with Crippen LogP contribution in [0.1, 0.15) is 26.7 Å². The molecular formula is C14H20BrNOS. The van der Waals surface area contributed by atoms with Crippen molar-refractivity contribution >= 4 is 26.7 Å². The molecular weight excluding hydrogens is 310 g/mol. The minimum absolute atomic E-state index is 0.281. The molecule has 0 bridgehead atoms. The van der Waals surface area contributed by atoms with Crippen LogP contribution in [0.2, 0.25) is 0 Å². The van der Waals surface area contributed by atoms with E-state index < -0.39 is 10.8 Å². The molecule has 1 saturated carbocycles. The number of nitrogens with one attached hydrogen (secondary N) is 1. The molecule has 4 unspecified atom stereocenters. The molecule has 0 aliphatic heterocycles. The zero-order chi connectivity index (χ0) is 13.1. The van der Waals surface area contributed by atoms with Gasteiger partial charge in [-0.3, -0.25) is 4.21 Å².